The molecule has 3 aliphatic rings. The van der Waals surface area contributed by atoms with E-state index in [1.54, 1.807) is 0 Å². The molecule has 2 atom stereocenters. The lowest BCUT2D eigenvalue weighted by Crippen LogP contribution is -2.58. The van der Waals surface area contributed by atoms with Gasteiger partial charge in [-0.15, -0.1) is 0 Å². The van der Waals surface area contributed by atoms with E-state index in [1.165, 1.54) is 25.7 Å². The predicted octanol–water partition coefficient (Wildman–Crippen LogP) is 1.47. The van der Waals surface area contributed by atoms with Crippen molar-refractivity contribution in [2.24, 2.45) is 34.8 Å². The van der Waals surface area contributed by atoms with Crippen molar-refractivity contribution in [3.63, 3.8) is 0 Å². The largest absolute Gasteiger partial charge is 0.481 e. The first kappa shape index (κ1) is 9.64. The molecule has 0 saturated heterocycles. The van der Waals surface area contributed by atoms with Gasteiger partial charge in [0, 0.05) is 0 Å². The first-order valence-corrected chi connectivity index (χ1v) is 6.11. The van der Waals surface area contributed by atoms with Crippen LogP contribution in [0.5, 0.6) is 0 Å². The second-order valence-corrected chi connectivity index (χ2v) is 5.71. The quantitative estimate of drug-likeness (QED) is 0.740. The van der Waals surface area contributed by atoms with Gasteiger partial charge in [0.15, 0.2) is 0 Å². The van der Waals surface area contributed by atoms with Gasteiger partial charge in [0.05, 0.1) is 6.42 Å². The molecule has 0 aliphatic heterocycles. The molecule has 0 aromatic carbocycles. The Morgan fingerprint density at radius 1 is 1.27 bits per heavy atom. The van der Waals surface area contributed by atoms with Crippen molar-refractivity contribution in [1.82, 2.24) is 0 Å². The molecule has 3 fully saturated rings. The molecule has 3 heteroatoms. The van der Waals surface area contributed by atoms with Crippen molar-refractivity contribution < 1.29 is 9.90 Å². The van der Waals surface area contributed by atoms with Crippen LogP contribution in [0.25, 0.3) is 0 Å². The number of carbonyl (C=O) groups is 1. The minimum absolute atomic E-state index is 0.0260. The van der Waals surface area contributed by atoms with Crippen molar-refractivity contribution in [1.29, 1.82) is 0 Å². The predicted molar refractivity (Wildman–Crippen MR) is 56.2 cm³/mol. The van der Waals surface area contributed by atoms with Crippen molar-refractivity contribution in [3.8, 4) is 0 Å². The van der Waals surface area contributed by atoms with Gasteiger partial charge in [0.2, 0.25) is 0 Å². The first-order valence-electron chi connectivity index (χ1n) is 6.11. The molecular formula is C12H19NO2. The minimum atomic E-state index is -0.658. The van der Waals surface area contributed by atoms with E-state index >= 15 is 0 Å². The van der Waals surface area contributed by atoms with Gasteiger partial charge in [-0.25, -0.2) is 0 Å². The summed E-state index contributed by atoms with van der Waals surface area (Å²) in [5.74, 6) is 2.36. The zero-order valence-corrected chi connectivity index (χ0v) is 8.98. The standard InChI is InChI=1S/C12H19NO2/c13-6-12(5-10(14)15)8-3-1-7-2-4-9(12)11(7)8/h7-9,11H,1-6,13H2,(H,14,15). The van der Waals surface area contributed by atoms with Gasteiger partial charge in [-0.2, -0.15) is 0 Å². The van der Waals surface area contributed by atoms with E-state index in [-0.39, 0.29) is 5.41 Å². The summed E-state index contributed by atoms with van der Waals surface area (Å²) in [5.41, 5.74) is 5.87. The summed E-state index contributed by atoms with van der Waals surface area (Å²) in [6.07, 6.45) is 5.43. The monoisotopic (exact) mass is 209 g/mol. The molecule has 0 spiro atoms. The molecule has 0 bridgehead atoms. The lowest BCUT2D eigenvalue weighted by molar-refractivity contribution is -0.153. The Morgan fingerprint density at radius 2 is 1.87 bits per heavy atom. The van der Waals surface area contributed by atoms with E-state index in [1.807, 2.05) is 0 Å². The van der Waals surface area contributed by atoms with Gasteiger partial charge >= 0.3 is 5.97 Å². The fourth-order valence-corrected chi connectivity index (χ4v) is 5.06. The number of carboxylic acids is 1. The number of rotatable bonds is 3. The smallest absolute Gasteiger partial charge is 0.303 e. The van der Waals surface area contributed by atoms with Gasteiger partial charge in [-0.1, -0.05) is 0 Å². The maximum Gasteiger partial charge on any atom is 0.303 e. The molecule has 0 aromatic rings. The molecule has 3 rings (SSSR count). The van der Waals surface area contributed by atoms with Gasteiger partial charge in [-0.3, -0.25) is 4.79 Å². The Morgan fingerprint density at radius 3 is 2.33 bits per heavy atom. The van der Waals surface area contributed by atoms with E-state index in [0.29, 0.717) is 24.8 Å². The third-order valence-corrected chi connectivity index (χ3v) is 5.51. The number of aliphatic carboxylic acids is 1. The topological polar surface area (TPSA) is 63.3 Å². The highest BCUT2D eigenvalue weighted by Gasteiger charge is 2.67. The highest BCUT2D eigenvalue weighted by Crippen LogP contribution is 2.71. The average Bonchev–Trinajstić information content (AvgIpc) is 2.67. The molecule has 0 aromatic heterocycles. The van der Waals surface area contributed by atoms with Crippen LogP contribution < -0.4 is 5.73 Å². The molecule has 84 valence electrons. The summed E-state index contributed by atoms with van der Waals surface area (Å²) in [6.45, 7) is 0.581. The molecule has 3 N–H and O–H groups in total. The van der Waals surface area contributed by atoms with Crippen molar-refractivity contribution in [3.05, 3.63) is 0 Å². The molecule has 3 nitrogen and oxygen atoms in total. The fourth-order valence-electron chi connectivity index (χ4n) is 5.06. The lowest BCUT2D eigenvalue weighted by atomic mass is 9.47. The van der Waals surface area contributed by atoms with E-state index in [2.05, 4.69) is 0 Å². The van der Waals surface area contributed by atoms with Gasteiger partial charge in [0.1, 0.15) is 0 Å². The van der Waals surface area contributed by atoms with Crippen LogP contribution in [0.4, 0.5) is 0 Å². The number of carboxylic acid groups (broad SMARTS) is 1. The minimum Gasteiger partial charge on any atom is -0.481 e. The summed E-state index contributed by atoms with van der Waals surface area (Å²) in [6, 6.07) is 0. The molecule has 0 amide bonds. The Balaban J connectivity index is 1.88. The Labute approximate surface area is 90.0 Å². The van der Waals surface area contributed by atoms with Crippen molar-refractivity contribution >= 4 is 5.97 Å². The van der Waals surface area contributed by atoms with E-state index < -0.39 is 5.97 Å². The van der Waals surface area contributed by atoms with Crippen LogP contribution in [0.3, 0.4) is 0 Å². The first-order chi connectivity index (χ1) is 7.19. The van der Waals surface area contributed by atoms with E-state index in [9.17, 15) is 4.79 Å². The molecule has 0 radical (unpaired) electrons. The molecular weight excluding hydrogens is 190 g/mol. The molecule has 3 aliphatic carbocycles. The highest BCUT2D eigenvalue weighted by atomic mass is 16.4. The van der Waals surface area contributed by atoms with E-state index in [0.717, 1.165) is 11.8 Å². The van der Waals surface area contributed by atoms with Crippen molar-refractivity contribution in [2.45, 2.75) is 32.1 Å². The van der Waals surface area contributed by atoms with Crippen LogP contribution in [0.2, 0.25) is 0 Å². The van der Waals surface area contributed by atoms with Gasteiger partial charge in [-0.05, 0) is 61.3 Å². The number of nitrogens with two attached hydrogens (primary N) is 1. The second kappa shape index (κ2) is 2.97. The SMILES string of the molecule is NCC1(CC(=O)O)C2CCC3CCC1C32. The molecule has 15 heavy (non-hydrogen) atoms. The summed E-state index contributed by atoms with van der Waals surface area (Å²) < 4.78 is 0. The highest BCUT2D eigenvalue weighted by molar-refractivity contribution is 5.68. The maximum atomic E-state index is 11.0. The number of hydrogen-bond donors (Lipinski definition) is 2. The molecule has 0 heterocycles. The summed E-state index contributed by atoms with van der Waals surface area (Å²) in [5, 5.41) is 9.04. The third kappa shape index (κ3) is 1.02. The van der Waals surface area contributed by atoms with Crippen LogP contribution in [0.1, 0.15) is 32.1 Å². The zero-order valence-electron chi connectivity index (χ0n) is 8.98. The molecule has 3 saturated carbocycles. The molecule has 2 unspecified atom stereocenters. The van der Waals surface area contributed by atoms with Gasteiger partial charge < -0.3 is 10.8 Å². The van der Waals surface area contributed by atoms with Crippen LogP contribution in [0.15, 0.2) is 0 Å². The van der Waals surface area contributed by atoms with Crippen LogP contribution in [0, 0.1) is 29.1 Å². The van der Waals surface area contributed by atoms with Crippen LogP contribution in [-0.4, -0.2) is 17.6 Å². The zero-order chi connectivity index (χ0) is 10.6. The maximum absolute atomic E-state index is 11.0. The van der Waals surface area contributed by atoms with E-state index in [4.69, 9.17) is 10.8 Å². The number of hydrogen-bond acceptors (Lipinski definition) is 2. The van der Waals surface area contributed by atoms with Crippen molar-refractivity contribution in [2.75, 3.05) is 6.54 Å². The summed E-state index contributed by atoms with van der Waals surface area (Å²) in [7, 11) is 0. The fraction of sp³-hybridized carbons (Fsp3) is 0.917. The Bertz CT molecular complexity index is 286. The summed E-state index contributed by atoms with van der Waals surface area (Å²) in [4.78, 5) is 11.0. The normalized spacial score (nSPS) is 51.3. The lowest BCUT2D eigenvalue weighted by Gasteiger charge is -2.57. The second-order valence-electron chi connectivity index (χ2n) is 5.71. The van der Waals surface area contributed by atoms with Gasteiger partial charge in [0.25, 0.3) is 0 Å². The summed E-state index contributed by atoms with van der Waals surface area (Å²) >= 11 is 0. The van der Waals surface area contributed by atoms with Crippen LogP contribution >= 0.6 is 0 Å². The Kier molecular flexibility index (Phi) is 1.91. The van der Waals surface area contributed by atoms with Crippen LogP contribution in [-0.2, 0) is 4.79 Å². The third-order valence-electron chi connectivity index (χ3n) is 5.51. The Hall–Kier alpha value is -0.570. The average molecular weight is 209 g/mol.